The van der Waals surface area contributed by atoms with Gasteiger partial charge in [0.1, 0.15) is 0 Å². The van der Waals surface area contributed by atoms with Gasteiger partial charge >= 0.3 is 0 Å². The van der Waals surface area contributed by atoms with Crippen LogP contribution in [0.5, 0.6) is 11.5 Å². The summed E-state index contributed by atoms with van der Waals surface area (Å²) in [5.74, 6) is 0.799. The normalized spacial score (nSPS) is 15.5. The fourth-order valence-corrected chi connectivity index (χ4v) is 3.69. The molecule has 0 atom stereocenters. The van der Waals surface area contributed by atoms with Crippen LogP contribution in [0.25, 0.3) is 0 Å². The average molecular weight is 379 g/mol. The van der Waals surface area contributed by atoms with Gasteiger partial charge < -0.3 is 18.9 Å². The molecule has 2 aromatic carbocycles. The van der Waals surface area contributed by atoms with Gasteiger partial charge in [-0.25, -0.2) is 8.42 Å². The van der Waals surface area contributed by atoms with Gasteiger partial charge in [0.25, 0.3) is 10.0 Å². The number of nitrogens with one attached hydrogen (secondary N) is 1. The molecule has 0 spiro atoms. The molecule has 0 aromatic heterocycles. The van der Waals surface area contributed by atoms with Crippen molar-refractivity contribution >= 4 is 15.7 Å². The van der Waals surface area contributed by atoms with Crippen LogP contribution in [0.1, 0.15) is 18.3 Å². The summed E-state index contributed by atoms with van der Waals surface area (Å²) in [6.45, 7) is 1.23. The number of benzene rings is 2. The maximum Gasteiger partial charge on any atom is 0.262 e. The van der Waals surface area contributed by atoms with Gasteiger partial charge in [-0.05, 0) is 30.7 Å². The number of methoxy groups -OCH3 is 2. The van der Waals surface area contributed by atoms with Crippen LogP contribution in [0.4, 0.5) is 5.69 Å². The third kappa shape index (κ3) is 4.09. The minimum absolute atomic E-state index is 0.0747. The molecule has 8 heteroatoms. The van der Waals surface area contributed by atoms with Crippen LogP contribution in [0, 0.1) is 0 Å². The van der Waals surface area contributed by atoms with Crippen molar-refractivity contribution in [2.75, 3.05) is 32.2 Å². The molecule has 2 aromatic rings. The second-order valence-corrected chi connectivity index (χ2v) is 7.36. The molecule has 140 valence electrons. The summed E-state index contributed by atoms with van der Waals surface area (Å²) in [5, 5.41) is 0. The van der Waals surface area contributed by atoms with E-state index in [-0.39, 0.29) is 4.90 Å². The van der Waals surface area contributed by atoms with Crippen LogP contribution in [0.15, 0.2) is 47.4 Å². The Morgan fingerprint density at radius 1 is 1.00 bits per heavy atom. The first-order valence-electron chi connectivity index (χ1n) is 8.11. The number of sulfonamides is 1. The van der Waals surface area contributed by atoms with Crippen LogP contribution in [-0.2, 0) is 19.5 Å². The minimum atomic E-state index is -3.79. The first-order valence-corrected chi connectivity index (χ1v) is 9.60. The first-order chi connectivity index (χ1) is 12.5. The molecule has 1 aliphatic rings. The topological polar surface area (TPSA) is 83.1 Å². The summed E-state index contributed by atoms with van der Waals surface area (Å²) in [7, 11) is -0.841. The summed E-state index contributed by atoms with van der Waals surface area (Å²) < 4.78 is 49.4. The Bertz CT molecular complexity index is 862. The van der Waals surface area contributed by atoms with Crippen LogP contribution in [-0.4, -0.2) is 35.9 Å². The van der Waals surface area contributed by atoms with Crippen molar-refractivity contribution in [1.82, 2.24) is 0 Å². The molecule has 1 heterocycles. The minimum Gasteiger partial charge on any atom is -0.493 e. The lowest BCUT2D eigenvalue weighted by atomic mass is 10.2. The molecule has 1 N–H and O–H groups in total. The van der Waals surface area contributed by atoms with Gasteiger partial charge in [0.15, 0.2) is 17.8 Å². The molecule has 1 aliphatic heterocycles. The van der Waals surface area contributed by atoms with Crippen molar-refractivity contribution in [3.8, 4) is 11.5 Å². The number of hydrogen-bond donors (Lipinski definition) is 1. The molecule has 1 fully saturated rings. The fourth-order valence-electron chi connectivity index (χ4n) is 2.63. The summed E-state index contributed by atoms with van der Waals surface area (Å²) >= 11 is 0. The van der Waals surface area contributed by atoms with E-state index in [1.807, 2.05) is 6.07 Å². The Labute approximate surface area is 152 Å². The van der Waals surface area contributed by atoms with Gasteiger partial charge in [0.05, 0.1) is 32.3 Å². The number of hydrogen-bond acceptors (Lipinski definition) is 6. The van der Waals surface area contributed by atoms with E-state index in [0.717, 1.165) is 12.0 Å². The highest BCUT2D eigenvalue weighted by Crippen LogP contribution is 2.31. The molecule has 0 aliphatic carbocycles. The Morgan fingerprint density at radius 3 is 2.42 bits per heavy atom. The highest BCUT2D eigenvalue weighted by molar-refractivity contribution is 7.92. The summed E-state index contributed by atoms with van der Waals surface area (Å²) in [5.41, 5.74) is 1.19. The van der Waals surface area contributed by atoms with Crippen LogP contribution < -0.4 is 14.2 Å². The molecule has 0 bridgehead atoms. The molecule has 7 nitrogen and oxygen atoms in total. The lowest BCUT2D eigenvalue weighted by Gasteiger charge is -2.23. The lowest BCUT2D eigenvalue weighted by Crippen LogP contribution is -2.18. The number of ether oxygens (including phenoxy) is 4. The Kier molecular flexibility index (Phi) is 5.65. The van der Waals surface area contributed by atoms with Gasteiger partial charge in [-0.3, -0.25) is 4.72 Å². The second kappa shape index (κ2) is 7.94. The van der Waals surface area contributed by atoms with Gasteiger partial charge in [0, 0.05) is 17.3 Å². The van der Waals surface area contributed by atoms with Gasteiger partial charge in [-0.1, -0.05) is 12.1 Å². The van der Waals surface area contributed by atoms with Gasteiger partial charge in [0.2, 0.25) is 0 Å². The van der Waals surface area contributed by atoms with Crippen LogP contribution >= 0.6 is 0 Å². The van der Waals surface area contributed by atoms with E-state index < -0.39 is 16.3 Å². The van der Waals surface area contributed by atoms with Gasteiger partial charge in [-0.2, -0.15) is 0 Å². The fraction of sp³-hybridized carbons (Fsp3) is 0.333. The summed E-state index contributed by atoms with van der Waals surface area (Å²) in [4.78, 5) is 0.0747. The van der Waals surface area contributed by atoms with E-state index in [9.17, 15) is 8.42 Å². The largest absolute Gasteiger partial charge is 0.493 e. The predicted molar refractivity (Wildman–Crippen MR) is 96.1 cm³/mol. The van der Waals surface area contributed by atoms with Crippen molar-refractivity contribution in [3.63, 3.8) is 0 Å². The smallest absolute Gasteiger partial charge is 0.262 e. The molecule has 26 heavy (non-hydrogen) atoms. The number of anilines is 1. The zero-order valence-electron chi connectivity index (χ0n) is 14.6. The highest BCUT2D eigenvalue weighted by atomic mass is 32.2. The monoisotopic (exact) mass is 379 g/mol. The predicted octanol–water partition coefficient (Wildman–Crippen LogP) is 2.94. The van der Waals surface area contributed by atoms with E-state index in [0.29, 0.717) is 30.4 Å². The van der Waals surface area contributed by atoms with E-state index in [4.69, 9.17) is 18.9 Å². The standard InChI is InChI=1S/C18H21NO6S/c1-22-16-8-7-15(12-17(16)23-2)26(20,21)19-14-6-3-5-13(11-14)18-24-9-4-10-25-18/h3,5-8,11-12,18-19H,4,9-10H2,1-2H3. The quantitative estimate of drug-likeness (QED) is 0.831. The van der Waals surface area contributed by atoms with Crippen LogP contribution in [0.2, 0.25) is 0 Å². The van der Waals surface area contributed by atoms with Crippen LogP contribution in [0.3, 0.4) is 0 Å². The molecule has 1 saturated heterocycles. The summed E-state index contributed by atoms with van der Waals surface area (Å²) in [6, 6.07) is 11.4. The molecule has 3 rings (SSSR count). The van der Waals surface area contributed by atoms with Crippen molar-refractivity contribution in [2.45, 2.75) is 17.6 Å². The van der Waals surface area contributed by atoms with Crippen molar-refractivity contribution in [3.05, 3.63) is 48.0 Å². The molecule has 0 saturated carbocycles. The summed E-state index contributed by atoms with van der Waals surface area (Å²) in [6.07, 6.45) is 0.372. The van der Waals surface area contributed by atoms with Crippen molar-refractivity contribution < 1.29 is 27.4 Å². The maximum absolute atomic E-state index is 12.7. The second-order valence-electron chi connectivity index (χ2n) is 5.67. The SMILES string of the molecule is COc1ccc(S(=O)(=O)Nc2cccc(C3OCCCO3)c2)cc1OC. The third-order valence-corrected chi connectivity index (χ3v) is 5.28. The highest BCUT2D eigenvalue weighted by Gasteiger charge is 2.20. The molecule has 0 radical (unpaired) electrons. The van der Waals surface area contributed by atoms with Gasteiger partial charge in [-0.15, -0.1) is 0 Å². The number of rotatable bonds is 6. The van der Waals surface area contributed by atoms with E-state index in [1.54, 1.807) is 24.3 Å². The maximum atomic E-state index is 12.7. The average Bonchev–Trinajstić information content (AvgIpc) is 2.68. The molecular formula is C18H21NO6S. The van der Waals surface area contributed by atoms with E-state index in [2.05, 4.69) is 4.72 Å². The van der Waals surface area contributed by atoms with E-state index in [1.165, 1.54) is 26.4 Å². The van der Waals surface area contributed by atoms with E-state index >= 15 is 0 Å². The Hall–Kier alpha value is -2.29. The zero-order valence-corrected chi connectivity index (χ0v) is 15.4. The Morgan fingerprint density at radius 2 is 1.73 bits per heavy atom. The van der Waals surface area contributed by atoms with Crippen molar-refractivity contribution in [2.24, 2.45) is 0 Å². The first kappa shape index (κ1) is 18.5. The Balaban J connectivity index is 1.83. The lowest BCUT2D eigenvalue weighted by molar-refractivity contribution is -0.183. The molecule has 0 unspecified atom stereocenters. The third-order valence-electron chi connectivity index (χ3n) is 3.90. The van der Waals surface area contributed by atoms with Crippen molar-refractivity contribution in [1.29, 1.82) is 0 Å². The zero-order chi connectivity index (χ0) is 18.6. The molecular weight excluding hydrogens is 358 g/mol. The molecule has 0 amide bonds.